The van der Waals surface area contributed by atoms with E-state index in [4.69, 9.17) is 11.6 Å². The number of halogens is 1. The lowest BCUT2D eigenvalue weighted by Crippen LogP contribution is -2.39. The molecule has 136 valence electrons. The van der Waals surface area contributed by atoms with Crippen molar-refractivity contribution >= 4 is 33.2 Å². The number of aromatic hydroxyl groups is 1. The molecule has 1 saturated carbocycles. The van der Waals surface area contributed by atoms with E-state index < -0.39 is 37.9 Å². The number of amides is 2. The molecule has 25 heavy (non-hydrogen) atoms. The highest BCUT2D eigenvalue weighted by Crippen LogP contribution is 2.42. The number of carbonyl (C=O) groups is 1. The van der Waals surface area contributed by atoms with Gasteiger partial charge in [0, 0.05) is 6.04 Å². The van der Waals surface area contributed by atoms with Crippen molar-refractivity contribution < 1.29 is 23.4 Å². The average molecular weight is 387 g/mol. The number of aliphatic hydroxyl groups excluding tert-OH is 1. The van der Waals surface area contributed by atoms with Crippen LogP contribution in [0.2, 0.25) is 5.02 Å². The summed E-state index contributed by atoms with van der Waals surface area (Å²) in [4.78, 5) is 11.6. The van der Waals surface area contributed by atoms with Crippen molar-refractivity contribution in [2.75, 3.05) is 5.32 Å². The number of hydrogen-bond acceptors (Lipinski definition) is 5. The first-order chi connectivity index (χ1) is 11.8. The summed E-state index contributed by atoms with van der Waals surface area (Å²) < 4.78 is 25.3. The highest BCUT2D eigenvalue weighted by atomic mass is 35.5. The number of phenolic OH excluding ortho intramolecular Hbond substituents is 1. The first-order valence-corrected chi connectivity index (χ1v) is 9.89. The van der Waals surface area contributed by atoms with Gasteiger partial charge in [0.2, 0.25) is 0 Å². The van der Waals surface area contributed by atoms with Gasteiger partial charge in [0.25, 0.3) is 0 Å². The molecule has 0 aromatic heterocycles. The molecular formula is C16H19ClN2O5S. The number of sulfone groups is 1. The Morgan fingerprint density at radius 2 is 2.00 bits per heavy atom. The molecule has 0 radical (unpaired) electrons. The van der Waals surface area contributed by atoms with Crippen LogP contribution >= 0.6 is 11.6 Å². The highest BCUT2D eigenvalue weighted by molar-refractivity contribution is 7.92. The lowest BCUT2D eigenvalue weighted by molar-refractivity contribution is 0.0976. The summed E-state index contributed by atoms with van der Waals surface area (Å²) in [6.07, 6.45) is 5.05. The van der Waals surface area contributed by atoms with E-state index in [1.807, 2.05) is 12.2 Å². The maximum Gasteiger partial charge on any atom is 0.319 e. The number of hydrogen-bond donors (Lipinski definition) is 4. The number of phenols is 1. The van der Waals surface area contributed by atoms with E-state index >= 15 is 0 Å². The second-order valence-electron chi connectivity index (χ2n) is 6.28. The molecule has 0 saturated heterocycles. The van der Waals surface area contributed by atoms with Gasteiger partial charge < -0.3 is 20.8 Å². The van der Waals surface area contributed by atoms with Crippen LogP contribution in [0.25, 0.3) is 0 Å². The van der Waals surface area contributed by atoms with E-state index in [1.54, 1.807) is 0 Å². The Morgan fingerprint density at radius 1 is 1.28 bits per heavy atom. The number of benzene rings is 1. The molecule has 1 aromatic rings. The summed E-state index contributed by atoms with van der Waals surface area (Å²) in [5, 5.41) is 24.0. The molecule has 2 amide bonds. The van der Waals surface area contributed by atoms with Gasteiger partial charge in [0.15, 0.2) is 15.6 Å². The van der Waals surface area contributed by atoms with E-state index in [2.05, 4.69) is 10.6 Å². The Bertz CT molecular complexity index is 818. The van der Waals surface area contributed by atoms with Crippen LogP contribution in [0.5, 0.6) is 5.75 Å². The first-order valence-electron chi connectivity index (χ1n) is 7.96. The maximum absolute atomic E-state index is 12.6. The predicted octanol–water partition coefficient (Wildman–Crippen LogP) is 2.18. The van der Waals surface area contributed by atoms with Gasteiger partial charge in [-0.15, -0.1) is 0 Å². The zero-order valence-corrected chi connectivity index (χ0v) is 14.8. The second kappa shape index (κ2) is 6.86. The Morgan fingerprint density at radius 3 is 2.60 bits per heavy atom. The SMILES string of the molecule is O=C(Nc1ccc(Cl)c(S(=O)(=O)[C@H]2C[C@@H](O)C2)c1O)NC1C=CCC1. The van der Waals surface area contributed by atoms with Crippen molar-refractivity contribution in [1.29, 1.82) is 0 Å². The van der Waals surface area contributed by atoms with Crippen molar-refractivity contribution in [3.8, 4) is 5.75 Å². The number of carbonyl (C=O) groups excluding carboxylic acids is 1. The molecule has 2 aliphatic carbocycles. The molecule has 0 aliphatic heterocycles. The van der Waals surface area contributed by atoms with E-state index in [1.165, 1.54) is 12.1 Å². The van der Waals surface area contributed by atoms with Crippen LogP contribution in [0.1, 0.15) is 25.7 Å². The van der Waals surface area contributed by atoms with Crippen molar-refractivity contribution in [3.63, 3.8) is 0 Å². The fourth-order valence-electron chi connectivity index (χ4n) is 2.96. The number of nitrogens with one attached hydrogen (secondary N) is 2. The third kappa shape index (κ3) is 3.61. The molecule has 0 bridgehead atoms. The quantitative estimate of drug-likeness (QED) is 0.467. The van der Waals surface area contributed by atoms with Gasteiger partial charge in [0.1, 0.15) is 4.90 Å². The Labute approximate surface area is 150 Å². The Balaban J connectivity index is 1.82. The molecule has 1 unspecified atom stereocenters. The summed E-state index contributed by atoms with van der Waals surface area (Å²) in [6.45, 7) is 0. The van der Waals surface area contributed by atoms with Gasteiger partial charge >= 0.3 is 6.03 Å². The standard InChI is InChI=1S/C16H19ClN2O5S/c17-12-5-6-13(19-16(22)18-9-3-1-2-4-9)14(21)15(12)25(23,24)11-7-10(20)8-11/h1,3,5-6,9-11,20-21H,2,4,7-8H2,(H2,18,19,22)/t9?,10-,11+. The lowest BCUT2D eigenvalue weighted by Gasteiger charge is -2.31. The topological polar surface area (TPSA) is 116 Å². The fraction of sp³-hybridized carbons (Fsp3) is 0.438. The average Bonchev–Trinajstić information content (AvgIpc) is 2.99. The zero-order chi connectivity index (χ0) is 18.2. The number of rotatable bonds is 4. The third-order valence-corrected chi connectivity index (χ3v) is 7.13. The zero-order valence-electron chi connectivity index (χ0n) is 13.3. The maximum atomic E-state index is 12.6. The molecule has 1 atom stereocenters. The Kier molecular flexibility index (Phi) is 4.95. The number of allylic oxidation sites excluding steroid dienone is 1. The van der Waals surface area contributed by atoms with Crippen LogP contribution < -0.4 is 10.6 Å². The van der Waals surface area contributed by atoms with Crippen LogP contribution in [0.3, 0.4) is 0 Å². The van der Waals surface area contributed by atoms with Crippen LogP contribution in [-0.4, -0.2) is 42.1 Å². The van der Waals surface area contributed by atoms with Gasteiger partial charge in [-0.3, -0.25) is 0 Å². The number of urea groups is 1. The highest BCUT2D eigenvalue weighted by Gasteiger charge is 2.41. The van der Waals surface area contributed by atoms with Crippen molar-refractivity contribution in [1.82, 2.24) is 5.32 Å². The van der Waals surface area contributed by atoms with E-state index in [-0.39, 0.29) is 29.6 Å². The molecule has 3 rings (SSSR count). The van der Waals surface area contributed by atoms with Gasteiger partial charge in [-0.25, -0.2) is 13.2 Å². The van der Waals surface area contributed by atoms with Gasteiger partial charge in [0.05, 0.1) is 22.1 Å². The fourth-order valence-corrected chi connectivity index (χ4v) is 5.43. The minimum Gasteiger partial charge on any atom is -0.504 e. The van der Waals surface area contributed by atoms with Crippen LogP contribution in [0, 0.1) is 0 Å². The molecule has 7 nitrogen and oxygen atoms in total. The minimum absolute atomic E-state index is 0.0395. The van der Waals surface area contributed by atoms with Crippen molar-refractivity contribution in [2.24, 2.45) is 0 Å². The lowest BCUT2D eigenvalue weighted by atomic mass is 9.96. The first kappa shape index (κ1) is 18.0. The molecule has 0 spiro atoms. The summed E-state index contributed by atoms with van der Waals surface area (Å²) >= 11 is 5.98. The van der Waals surface area contributed by atoms with Gasteiger partial charge in [-0.05, 0) is 37.8 Å². The summed E-state index contributed by atoms with van der Waals surface area (Å²) in [7, 11) is -3.90. The van der Waals surface area contributed by atoms with Gasteiger partial charge in [-0.2, -0.15) is 0 Å². The molecule has 1 fully saturated rings. The summed E-state index contributed by atoms with van der Waals surface area (Å²) in [5.41, 5.74) is -0.0395. The Hall–Kier alpha value is -1.77. The largest absolute Gasteiger partial charge is 0.504 e. The van der Waals surface area contributed by atoms with E-state index in [9.17, 15) is 23.4 Å². The third-order valence-electron chi connectivity index (χ3n) is 4.45. The van der Waals surface area contributed by atoms with Crippen LogP contribution in [0.4, 0.5) is 10.5 Å². The van der Waals surface area contributed by atoms with Crippen LogP contribution in [0.15, 0.2) is 29.2 Å². The predicted molar refractivity (Wildman–Crippen MR) is 93.6 cm³/mol. The molecule has 9 heteroatoms. The molecule has 4 N–H and O–H groups in total. The molecule has 2 aliphatic rings. The van der Waals surface area contributed by atoms with Crippen molar-refractivity contribution in [3.05, 3.63) is 29.3 Å². The molecule has 1 aromatic carbocycles. The second-order valence-corrected chi connectivity index (χ2v) is 8.85. The number of anilines is 1. The van der Waals surface area contributed by atoms with E-state index in [0.29, 0.717) is 0 Å². The monoisotopic (exact) mass is 386 g/mol. The minimum atomic E-state index is -3.90. The smallest absolute Gasteiger partial charge is 0.319 e. The normalized spacial score (nSPS) is 25.4. The molecule has 0 heterocycles. The van der Waals surface area contributed by atoms with E-state index in [0.717, 1.165) is 12.8 Å². The van der Waals surface area contributed by atoms with Crippen LogP contribution in [-0.2, 0) is 9.84 Å². The summed E-state index contributed by atoms with van der Waals surface area (Å²) in [5.74, 6) is -0.592. The summed E-state index contributed by atoms with van der Waals surface area (Å²) in [6, 6.07) is 2.02. The van der Waals surface area contributed by atoms with Crippen molar-refractivity contribution in [2.45, 2.75) is 48.0 Å². The molecular weight excluding hydrogens is 368 g/mol. The number of aliphatic hydroxyl groups is 1. The van der Waals surface area contributed by atoms with Gasteiger partial charge in [-0.1, -0.05) is 23.8 Å².